The first-order chi connectivity index (χ1) is 13.1. The molecular formula is C16H15N2O9S-. The topological polar surface area (TPSA) is 158 Å². The van der Waals surface area contributed by atoms with Crippen LogP contribution in [-0.4, -0.2) is 57.8 Å². The first-order valence-corrected chi connectivity index (χ1v) is 9.83. The van der Waals surface area contributed by atoms with Gasteiger partial charge in [-0.3, -0.25) is 24.1 Å². The van der Waals surface area contributed by atoms with Crippen LogP contribution in [0, 0.1) is 5.92 Å². The van der Waals surface area contributed by atoms with Gasteiger partial charge in [0.2, 0.25) is 0 Å². The smallest absolute Gasteiger partial charge is 0.336 e. The van der Waals surface area contributed by atoms with Gasteiger partial charge in [0, 0.05) is 18.4 Å². The molecule has 12 heteroatoms. The van der Waals surface area contributed by atoms with Gasteiger partial charge in [-0.15, -0.1) is 5.06 Å². The van der Waals surface area contributed by atoms with Crippen molar-refractivity contribution in [2.75, 3.05) is 0 Å². The normalized spacial score (nSPS) is 25.7. The fourth-order valence-electron chi connectivity index (χ4n) is 3.14. The first-order valence-electron chi connectivity index (χ1n) is 8.36. The van der Waals surface area contributed by atoms with Crippen LogP contribution in [0.1, 0.15) is 32.1 Å². The quantitative estimate of drug-likeness (QED) is 0.423. The van der Waals surface area contributed by atoms with Gasteiger partial charge < -0.3 is 9.39 Å². The highest BCUT2D eigenvalue weighted by Crippen LogP contribution is 2.31. The Bertz CT molecular complexity index is 906. The van der Waals surface area contributed by atoms with Gasteiger partial charge in [0.15, 0.2) is 0 Å². The Balaban J connectivity index is 1.57. The molecule has 150 valence electrons. The van der Waals surface area contributed by atoms with Crippen molar-refractivity contribution in [3.63, 3.8) is 0 Å². The molecular weight excluding hydrogens is 396 g/mol. The zero-order valence-corrected chi connectivity index (χ0v) is 15.2. The number of amides is 4. The molecule has 2 heterocycles. The number of nitrogens with zero attached hydrogens (tertiary/aromatic N) is 2. The van der Waals surface area contributed by atoms with Crippen molar-refractivity contribution >= 4 is 39.7 Å². The van der Waals surface area contributed by atoms with Gasteiger partial charge >= 0.3 is 5.97 Å². The number of carbonyl (C=O) groups is 5. The second kappa shape index (κ2) is 7.28. The molecule has 0 spiro atoms. The van der Waals surface area contributed by atoms with E-state index in [9.17, 15) is 36.9 Å². The highest BCUT2D eigenvalue weighted by molar-refractivity contribution is 7.87. The van der Waals surface area contributed by atoms with Crippen LogP contribution in [0.3, 0.4) is 0 Å². The molecule has 28 heavy (non-hydrogen) atoms. The predicted molar refractivity (Wildman–Crippen MR) is 87.1 cm³/mol. The van der Waals surface area contributed by atoms with E-state index in [1.165, 1.54) is 6.20 Å². The molecule has 2 aliphatic heterocycles. The van der Waals surface area contributed by atoms with Crippen LogP contribution in [0.4, 0.5) is 0 Å². The molecule has 1 unspecified atom stereocenters. The summed E-state index contributed by atoms with van der Waals surface area (Å²) in [5.74, 6) is -4.90. The molecule has 0 aromatic heterocycles. The molecule has 0 N–H and O–H groups in total. The Kier molecular flexibility index (Phi) is 5.17. The Hall–Kier alpha value is -2.86. The molecule has 1 atom stereocenters. The zero-order chi connectivity index (χ0) is 20.6. The molecule has 0 bridgehead atoms. The molecule has 3 rings (SSSR count). The molecule has 0 radical (unpaired) electrons. The van der Waals surface area contributed by atoms with E-state index in [0.717, 1.165) is 22.6 Å². The Morgan fingerprint density at radius 1 is 1.11 bits per heavy atom. The Morgan fingerprint density at radius 2 is 1.68 bits per heavy atom. The fourth-order valence-corrected chi connectivity index (χ4v) is 3.83. The van der Waals surface area contributed by atoms with Gasteiger partial charge in [-0.05, 0) is 25.7 Å². The summed E-state index contributed by atoms with van der Waals surface area (Å²) in [6.07, 6.45) is 4.22. The second-order valence-corrected chi connectivity index (χ2v) is 8.12. The maximum Gasteiger partial charge on any atom is 0.336 e. The monoisotopic (exact) mass is 411 g/mol. The van der Waals surface area contributed by atoms with E-state index in [4.69, 9.17) is 4.84 Å². The van der Waals surface area contributed by atoms with E-state index in [1.54, 1.807) is 0 Å². The van der Waals surface area contributed by atoms with Crippen molar-refractivity contribution < 1.29 is 41.8 Å². The maximum atomic E-state index is 12.2. The third-order valence-electron chi connectivity index (χ3n) is 4.71. The third kappa shape index (κ3) is 3.87. The molecule has 3 aliphatic rings. The van der Waals surface area contributed by atoms with Crippen molar-refractivity contribution in [1.82, 2.24) is 9.96 Å². The number of allylic oxidation sites excluding steroid dienone is 1. The number of hydrogen-bond acceptors (Lipinski definition) is 9. The van der Waals surface area contributed by atoms with E-state index >= 15 is 0 Å². The molecule has 1 saturated heterocycles. The van der Waals surface area contributed by atoms with Gasteiger partial charge in [0.25, 0.3) is 23.6 Å². The first kappa shape index (κ1) is 19.9. The SMILES string of the molecule is O=C(ON1C(=O)CC(S(=O)(=O)[O-])C1=O)C1CCC(=CN2C(=O)C=CC2=O)CC1. The van der Waals surface area contributed by atoms with Crippen LogP contribution in [0.15, 0.2) is 23.9 Å². The minimum absolute atomic E-state index is 0.0427. The highest BCUT2D eigenvalue weighted by atomic mass is 32.2. The van der Waals surface area contributed by atoms with Gasteiger partial charge in [-0.1, -0.05) is 5.57 Å². The molecule has 1 saturated carbocycles. The molecule has 4 amide bonds. The second-order valence-electron chi connectivity index (χ2n) is 6.56. The summed E-state index contributed by atoms with van der Waals surface area (Å²) in [7, 11) is -5.03. The van der Waals surface area contributed by atoms with Crippen molar-refractivity contribution in [2.24, 2.45) is 5.92 Å². The highest BCUT2D eigenvalue weighted by Gasteiger charge is 2.46. The lowest BCUT2D eigenvalue weighted by molar-refractivity contribution is -0.201. The van der Waals surface area contributed by atoms with Crippen LogP contribution in [0.2, 0.25) is 0 Å². The standard InChI is InChI=1S/C16H16N2O9S/c19-12-5-6-13(20)17(12)8-9-1-3-10(4-2-9)16(23)27-18-14(21)7-11(15(18)22)28(24,25)26/h5-6,8,10-11H,1-4,7H2,(H,24,25,26)/p-1. The number of imide groups is 2. The maximum absolute atomic E-state index is 12.2. The van der Waals surface area contributed by atoms with Crippen molar-refractivity contribution in [2.45, 2.75) is 37.4 Å². The van der Waals surface area contributed by atoms with Crippen molar-refractivity contribution in [3.8, 4) is 0 Å². The summed E-state index contributed by atoms with van der Waals surface area (Å²) in [5, 5.41) is -2.04. The van der Waals surface area contributed by atoms with E-state index in [-0.39, 0.29) is 17.9 Å². The number of rotatable bonds is 4. The average molecular weight is 411 g/mol. The summed E-state index contributed by atoms with van der Waals surface area (Å²) >= 11 is 0. The molecule has 0 aromatic rings. The van der Waals surface area contributed by atoms with E-state index < -0.39 is 57.3 Å². The number of carbonyl (C=O) groups excluding carboxylic acids is 5. The lowest BCUT2D eigenvalue weighted by Gasteiger charge is -2.24. The van der Waals surface area contributed by atoms with Gasteiger partial charge in [-0.25, -0.2) is 13.2 Å². The summed E-state index contributed by atoms with van der Waals surface area (Å²) in [6.45, 7) is 0. The number of hydroxylamine groups is 2. The van der Waals surface area contributed by atoms with E-state index in [1.807, 2.05) is 0 Å². The Morgan fingerprint density at radius 3 is 2.18 bits per heavy atom. The zero-order valence-electron chi connectivity index (χ0n) is 14.4. The van der Waals surface area contributed by atoms with Crippen LogP contribution < -0.4 is 0 Å². The minimum atomic E-state index is -5.03. The molecule has 1 aliphatic carbocycles. The predicted octanol–water partition coefficient (Wildman–Crippen LogP) is -0.884. The summed E-state index contributed by atoms with van der Waals surface area (Å²) in [4.78, 5) is 64.6. The van der Waals surface area contributed by atoms with Crippen molar-refractivity contribution in [3.05, 3.63) is 23.9 Å². The largest absolute Gasteiger partial charge is 0.747 e. The van der Waals surface area contributed by atoms with Gasteiger partial charge in [-0.2, -0.15) is 0 Å². The van der Waals surface area contributed by atoms with Gasteiger partial charge in [0.05, 0.1) is 12.3 Å². The summed E-state index contributed by atoms with van der Waals surface area (Å²) in [5.41, 5.74) is 0.778. The van der Waals surface area contributed by atoms with E-state index in [2.05, 4.69) is 0 Å². The average Bonchev–Trinajstić information content (AvgIpc) is 3.09. The minimum Gasteiger partial charge on any atom is -0.747 e. The summed E-state index contributed by atoms with van der Waals surface area (Å²) < 4.78 is 33.0. The van der Waals surface area contributed by atoms with Crippen LogP contribution >= 0.6 is 0 Å². The third-order valence-corrected chi connectivity index (χ3v) is 5.77. The summed E-state index contributed by atoms with van der Waals surface area (Å²) in [6, 6.07) is 0. The van der Waals surface area contributed by atoms with Crippen LogP contribution in [-0.2, 0) is 38.9 Å². The fraction of sp³-hybridized carbons (Fsp3) is 0.438. The lowest BCUT2D eigenvalue weighted by atomic mass is 9.86. The molecule has 11 nitrogen and oxygen atoms in total. The van der Waals surface area contributed by atoms with E-state index in [0.29, 0.717) is 12.8 Å². The molecule has 2 fully saturated rings. The molecule has 0 aromatic carbocycles. The van der Waals surface area contributed by atoms with Gasteiger partial charge in [0.1, 0.15) is 15.4 Å². The van der Waals surface area contributed by atoms with Crippen molar-refractivity contribution in [1.29, 1.82) is 0 Å². The lowest BCUT2D eigenvalue weighted by Crippen LogP contribution is -2.38. The number of hydrogen-bond donors (Lipinski definition) is 0. The van der Waals surface area contributed by atoms with Crippen LogP contribution in [0.25, 0.3) is 0 Å². The Labute approximate surface area is 159 Å². The van der Waals surface area contributed by atoms with Crippen LogP contribution in [0.5, 0.6) is 0 Å².